The van der Waals surface area contributed by atoms with E-state index in [1.165, 1.54) is 0 Å². The van der Waals surface area contributed by atoms with Crippen LogP contribution in [0.25, 0.3) is 10.8 Å². The molecule has 6 heteroatoms. The Kier molecular flexibility index (Phi) is 3.97. The van der Waals surface area contributed by atoms with Gasteiger partial charge < -0.3 is 0 Å². The van der Waals surface area contributed by atoms with Crippen molar-refractivity contribution in [2.24, 2.45) is 0 Å². The maximum atomic E-state index is 6.74. The van der Waals surface area contributed by atoms with Gasteiger partial charge in [-0.3, -0.25) is 0 Å². The molecule has 0 atom stereocenters. The van der Waals surface area contributed by atoms with Crippen molar-refractivity contribution in [3.63, 3.8) is 0 Å². The van der Waals surface area contributed by atoms with E-state index >= 15 is 0 Å². The Morgan fingerprint density at radius 3 is 1.25 bits per heavy atom. The maximum Gasteiger partial charge on any atom is 0.170 e. The zero-order valence-electron chi connectivity index (χ0n) is 11.9. The average molecular weight is 437 g/mol. The first-order chi connectivity index (χ1) is 11.3. The molecule has 0 aromatic heterocycles. The fourth-order valence-corrected chi connectivity index (χ4v) is 5.66. The average Bonchev–Trinajstić information content (AvgIpc) is 2.56. The van der Waals surface area contributed by atoms with Crippen LogP contribution in [0.4, 0.5) is 0 Å². The van der Waals surface area contributed by atoms with Crippen LogP contribution in [0.1, 0.15) is 22.3 Å². The second-order valence-electron chi connectivity index (χ2n) is 5.62. The minimum atomic E-state index is -1.41. The second-order valence-corrected chi connectivity index (χ2v) is 9.03. The Morgan fingerprint density at radius 1 is 0.542 bits per heavy atom. The van der Waals surface area contributed by atoms with Gasteiger partial charge in [0.05, 0.1) is 10.0 Å². The van der Waals surface area contributed by atoms with Gasteiger partial charge in [-0.1, -0.05) is 118 Å². The van der Waals surface area contributed by atoms with E-state index in [0.29, 0.717) is 32.3 Å². The summed E-state index contributed by atoms with van der Waals surface area (Å²) in [5.41, 5.74) is 2.05. The van der Waals surface area contributed by atoms with Gasteiger partial charge in [0.2, 0.25) is 0 Å². The summed E-state index contributed by atoms with van der Waals surface area (Å²) in [6.45, 7) is 0. The number of benzene rings is 3. The third-order valence-corrected chi connectivity index (χ3v) is 6.68. The molecule has 0 saturated carbocycles. The van der Waals surface area contributed by atoms with Crippen LogP contribution in [0.2, 0.25) is 10.0 Å². The summed E-state index contributed by atoms with van der Waals surface area (Å²) in [6.07, 6.45) is 0. The van der Waals surface area contributed by atoms with Crippen molar-refractivity contribution in [1.82, 2.24) is 0 Å². The normalized spacial score (nSPS) is 17.4. The first kappa shape index (κ1) is 17.1. The van der Waals surface area contributed by atoms with E-state index in [4.69, 9.17) is 69.6 Å². The third-order valence-electron chi connectivity index (χ3n) is 4.32. The van der Waals surface area contributed by atoms with E-state index in [-0.39, 0.29) is 0 Å². The highest BCUT2D eigenvalue weighted by molar-refractivity contribution is 6.57. The molecule has 0 bridgehead atoms. The second kappa shape index (κ2) is 5.58. The molecule has 0 fully saturated rings. The molecular formula is C18H8Cl6. The molecule has 122 valence electrons. The standard InChI is InChI=1S/C18H8Cl6/c19-15-9-5-1-2-6-10(9)16(20)14-13(15)17(21,22)11-7-3-4-8-12(11)18(14,23)24/h1-8H. The molecule has 0 aliphatic heterocycles. The van der Waals surface area contributed by atoms with Gasteiger partial charge in [-0.2, -0.15) is 0 Å². The first-order valence-electron chi connectivity index (χ1n) is 7.04. The highest BCUT2D eigenvalue weighted by Gasteiger charge is 2.50. The smallest absolute Gasteiger partial charge is 0.0908 e. The van der Waals surface area contributed by atoms with Gasteiger partial charge in [0.25, 0.3) is 0 Å². The van der Waals surface area contributed by atoms with Crippen LogP contribution in [-0.2, 0) is 8.67 Å². The van der Waals surface area contributed by atoms with Crippen LogP contribution in [0.3, 0.4) is 0 Å². The summed E-state index contributed by atoms with van der Waals surface area (Å²) in [5.74, 6) is 0. The lowest BCUT2D eigenvalue weighted by atomic mass is 9.82. The summed E-state index contributed by atoms with van der Waals surface area (Å²) in [4.78, 5) is 0. The molecule has 0 spiro atoms. The summed E-state index contributed by atoms with van der Waals surface area (Å²) in [6, 6.07) is 14.7. The molecular weight excluding hydrogens is 429 g/mol. The molecule has 4 rings (SSSR count). The Morgan fingerprint density at radius 2 is 0.875 bits per heavy atom. The van der Waals surface area contributed by atoms with Crippen molar-refractivity contribution < 1.29 is 0 Å². The third kappa shape index (κ3) is 2.14. The van der Waals surface area contributed by atoms with E-state index in [1.807, 2.05) is 36.4 Å². The fourth-order valence-electron chi connectivity index (χ4n) is 3.24. The molecule has 0 N–H and O–H groups in total. The van der Waals surface area contributed by atoms with Crippen LogP contribution in [-0.4, -0.2) is 0 Å². The van der Waals surface area contributed by atoms with E-state index in [1.54, 1.807) is 12.1 Å². The lowest BCUT2D eigenvalue weighted by Crippen LogP contribution is -2.31. The highest BCUT2D eigenvalue weighted by Crippen LogP contribution is 2.62. The molecule has 0 nitrogen and oxygen atoms in total. The molecule has 0 radical (unpaired) electrons. The van der Waals surface area contributed by atoms with Crippen LogP contribution in [0, 0.1) is 0 Å². The maximum absolute atomic E-state index is 6.74. The van der Waals surface area contributed by atoms with Gasteiger partial charge in [0, 0.05) is 21.9 Å². The largest absolute Gasteiger partial charge is 0.170 e. The van der Waals surface area contributed by atoms with Crippen molar-refractivity contribution in [2.75, 3.05) is 0 Å². The lowest BCUT2D eigenvalue weighted by Gasteiger charge is -2.39. The summed E-state index contributed by atoms with van der Waals surface area (Å²) < 4.78 is -2.83. The Bertz CT molecular complexity index is 911. The Balaban J connectivity index is 2.25. The summed E-state index contributed by atoms with van der Waals surface area (Å²) in [7, 11) is 0. The quantitative estimate of drug-likeness (QED) is 0.315. The fraction of sp³-hybridized carbons (Fsp3) is 0.111. The van der Waals surface area contributed by atoms with Gasteiger partial charge in [0.1, 0.15) is 0 Å². The van der Waals surface area contributed by atoms with Gasteiger partial charge in [-0.25, -0.2) is 0 Å². The van der Waals surface area contributed by atoms with Crippen molar-refractivity contribution >= 4 is 80.4 Å². The van der Waals surface area contributed by atoms with E-state index < -0.39 is 8.67 Å². The highest BCUT2D eigenvalue weighted by atomic mass is 35.5. The minimum Gasteiger partial charge on any atom is -0.0908 e. The molecule has 3 aromatic carbocycles. The van der Waals surface area contributed by atoms with Gasteiger partial charge in [-0.15, -0.1) is 0 Å². The summed E-state index contributed by atoms with van der Waals surface area (Å²) in [5, 5.41) is 2.29. The Hall–Kier alpha value is -0.340. The number of hydrogen-bond acceptors (Lipinski definition) is 0. The molecule has 24 heavy (non-hydrogen) atoms. The molecule has 3 aromatic rings. The van der Waals surface area contributed by atoms with Crippen LogP contribution < -0.4 is 0 Å². The van der Waals surface area contributed by atoms with Gasteiger partial charge in [-0.05, 0) is 11.1 Å². The molecule has 1 aliphatic rings. The molecule has 0 saturated heterocycles. The van der Waals surface area contributed by atoms with Crippen LogP contribution in [0.15, 0.2) is 48.5 Å². The van der Waals surface area contributed by atoms with E-state index in [2.05, 4.69) is 0 Å². The summed E-state index contributed by atoms with van der Waals surface area (Å²) >= 11 is 40.3. The zero-order valence-corrected chi connectivity index (χ0v) is 16.4. The van der Waals surface area contributed by atoms with Gasteiger partial charge in [0.15, 0.2) is 8.67 Å². The number of hydrogen-bond donors (Lipinski definition) is 0. The van der Waals surface area contributed by atoms with Crippen molar-refractivity contribution in [1.29, 1.82) is 0 Å². The topological polar surface area (TPSA) is 0 Å². The predicted octanol–water partition coefficient (Wildman–Crippen LogP) is 7.82. The van der Waals surface area contributed by atoms with Crippen molar-refractivity contribution in [3.05, 3.63) is 80.8 Å². The van der Waals surface area contributed by atoms with Crippen molar-refractivity contribution in [3.8, 4) is 0 Å². The first-order valence-corrected chi connectivity index (χ1v) is 9.31. The lowest BCUT2D eigenvalue weighted by molar-refractivity contribution is 0.862. The number of rotatable bonds is 0. The van der Waals surface area contributed by atoms with E-state index in [0.717, 1.165) is 10.8 Å². The van der Waals surface area contributed by atoms with E-state index in [9.17, 15) is 0 Å². The monoisotopic (exact) mass is 434 g/mol. The van der Waals surface area contributed by atoms with Crippen LogP contribution in [0.5, 0.6) is 0 Å². The number of fused-ring (bicyclic) bond motifs is 3. The van der Waals surface area contributed by atoms with Crippen molar-refractivity contribution in [2.45, 2.75) is 8.67 Å². The van der Waals surface area contributed by atoms with Crippen LogP contribution >= 0.6 is 69.6 Å². The molecule has 0 heterocycles. The zero-order chi connectivity index (χ0) is 17.3. The molecule has 0 amide bonds. The minimum absolute atomic E-state index is 0.398. The Labute approximate surface area is 169 Å². The molecule has 1 aliphatic carbocycles. The predicted molar refractivity (Wildman–Crippen MR) is 105 cm³/mol. The number of halogens is 6. The molecule has 0 unspecified atom stereocenters. The number of alkyl halides is 4. The van der Waals surface area contributed by atoms with Gasteiger partial charge >= 0.3 is 0 Å². The SMILES string of the molecule is Clc1c2c(c(Cl)c3ccccc13)C(Cl)(Cl)c1ccccc1C2(Cl)Cl.